The highest BCUT2D eigenvalue weighted by Gasteiger charge is 2.29. The predicted molar refractivity (Wildman–Crippen MR) is 584 cm³/mol. The van der Waals surface area contributed by atoms with Gasteiger partial charge in [0, 0.05) is 195 Å². The van der Waals surface area contributed by atoms with Crippen molar-refractivity contribution >= 4 is 47.3 Å². The summed E-state index contributed by atoms with van der Waals surface area (Å²) in [5.41, 5.74) is 6.64. The highest BCUT2D eigenvalue weighted by atomic mass is 16.5. The molecule has 0 bridgehead atoms. The first-order chi connectivity index (χ1) is 69.7. The summed E-state index contributed by atoms with van der Waals surface area (Å²) in [6.07, 6.45) is 17.2. The average Bonchev–Trinajstić information content (AvgIpc) is 1.71. The molecule has 148 heavy (non-hydrogen) atoms. The number of rotatable bonds is 56. The number of hydrogen-bond acceptors (Lipinski definition) is 32. The molecule has 0 spiro atoms. The molecule has 840 valence electrons. The van der Waals surface area contributed by atoms with E-state index in [1.165, 1.54) is 0 Å². The third-order valence-corrected chi connectivity index (χ3v) is 26.1. The van der Waals surface area contributed by atoms with Gasteiger partial charge in [-0.15, -0.1) is 0 Å². The molecule has 8 amide bonds. The molecule has 2 atom stereocenters. The Balaban J connectivity index is 0.000000846. The normalized spacial score (nSPS) is 12.2. The van der Waals surface area contributed by atoms with Gasteiger partial charge in [-0.2, -0.15) is 0 Å². The van der Waals surface area contributed by atoms with Crippen LogP contribution in [0.1, 0.15) is 423 Å². The minimum Gasteiger partial charge on any atom is -0.361 e. The van der Waals surface area contributed by atoms with Crippen LogP contribution in [-0.4, -0.2) is 240 Å². The van der Waals surface area contributed by atoms with Crippen molar-refractivity contribution in [2.24, 2.45) is 0 Å². The standard InChI is InChI=1S/C15H27N3O2.3C14H25N3O2.3C13H23N3O2.C12H21N3O2/c1-6-9-17-15(4,5)8-10-16-14(19)13-11(3)12(7-2)20-18-13;1-6-11-10(3)12(17-19-11)13(18)16-9-8-14(4,7-2)15-5;1-6-11-10(3)12(17-19-11)13(18)15-9-8-14(4,5)16-7-2;1-5-8-16-14(3,4)7-9-15-13(18)12-10-11(6-2)19-17-12;1-6-10-9(2)11(16-18-10)12(17)15-8-7-13(3,4)14-5;1-5-10-9-11(16-18-10)12(17)15-8-7-13(3,6-2)14-4;1-5-10-9-11(16-18-10)12(17)14-8-7-13(3,4)15-6-2;1-5-9-8-10(15-17-9)11(16)14-7-6-12(2,3)13-4/h17H,6-10H2,1-5H3,(H,16,19);15H,6-9H2,1-5H3,(H,16,18);16H,6-9H2,1-5H3,(H,15,18);10,16H,5-9H2,1-4H3,(H,15,18);14H,6-8H2,1-5H3,(H,15,17);9,14H,5-8H2,1-4H3,(H,15,17);9,15H,5-8H2,1-4H3,(H,14,17);8,13H,5-7H2,1-4H3,(H,14,16). The van der Waals surface area contributed by atoms with Crippen molar-refractivity contribution in [3.05, 3.63) is 138 Å². The van der Waals surface area contributed by atoms with Crippen LogP contribution in [0.4, 0.5) is 0 Å². The molecule has 16 N–H and O–H groups in total. The Morgan fingerprint density at radius 1 is 0.236 bits per heavy atom. The SMILES string of the molecule is CCCNC(C)(C)CCNC(=O)c1cc(CC)on1.CCCNC(C)(C)CCNC(=O)c1noc(CC)c1C.CCNC(C)(C)CCNC(=O)c1cc(CC)on1.CCNC(C)(C)CCNC(=O)c1noc(CC)c1C.CCc1cc(C(=O)NCCC(C)(C)NC)no1.CCc1cc(C(=O)NCCC(C)(CC)NC)no1.CCc1onc(C(=O)NCCC(C)(C)NC)c1C.CCc1onc(C(=O)NCCC(C)(CC)NC)c1C. The summed E-state index contributed by atoms with van der Waals surface area (Å²) in [4.78, 5) is 95.0. The zero-order valence-corrected chi connectivity index (χ0v) is 97.0. The van der Waals surface area contributed by atoms with Gasteiger partial charge in [-0.25, -0.2) is 0 Å². The van der Waals surface area contributed by atoms with Gasteiger partial charge in [-0.1, -0.05) is 138 Å². The first-order valence-electron chi connectivity index (χ1n) is 53.3. The summed E-state index contributed by atoms with van der Waals surface area (Å²) in [5.74, 6) is 4.69. The van der Waals surface area contributed by atoms with Crippen molar-refractivity contribution in [3.8, 4) is 0 Å². The van der Waals surface area contributed by atoms with Gasteiger partial charge in [-0.3, -0.25) is 38.4 Å². The minimum atomic E-state index is -0.180. The summed E-state index contributed by atoms with van der Waals surface area (Å²) in [6, 6.07) is 6.74. The second-order valence-corrected chi connectivity index (χ2v) is 41.0. The maximum absolute atomic E-state index is 12.0. The van der Waals surface area contributed by atoms with Crippen LogP contribution in [-0.2, 0) is 51.4 Å². The van der Waals surface area contributed by atoms with E-state index in [1.807, 2.05) is 111 Å². The number of aryl methyl sites for hydroxylation is 8. The van der Waals surface area contributed by atoms with Crippen molar-refractivity contribution < 1.29 is 74.5 Å². The molecule has 0 aliphatic carbocycles. The number of carbonyl (C=O) groups excluding carboxylic acids is 8. The van der Waals surface area contributed by atoms with Crippen molar-refractivity contribution in [2.75, 3.05) is 107 Å². The number of carbonyl (C=O) groups is 8. The van der Waals surface area contributed by atoms with Gasteiger partial charge in [0.1, 0.15) is 46.1 Å². The van der Waals surface area contributed by atoms with Crippen molar-refractivity contribution in [1.82, 2.24) is 126 Å². The van der Waals surface area contributed by atoms with E-state index in [-0.39, 0.29) is 91.6 Å². The Labute approximate surface area is 882 Å². The fraction of sp³-hybridized carbons (Fsp3) is 0.704. The van der Waals surface area contributed by atoms with Crippen molar-refractivity contribution in [2.45, 2.75) is 394 Å². The van der Waals surface area contributed by atoms with Gasteiger partial charge in [0.2, 0.25) is 0 Å². The fourth-order valence-electron chi connectivity index (χ4n) is 14.0. The summed E-state index contributed by atoms with van der Waals surface area (Å²) >= 11 is 0. The van der Waals surface area contributed by atoms with E-state index in [9.17, 15) is 38.4 Å². The second kappa shape index (κ2) is 69.5. The first kappa shape index (κ1) is 135. The van der Waals surface area contributed by atoms with Crippen LogP contribution in [0.5, 0.6) is 0 Å². The number of aromatic nitrogens is 8. The van der Waals surface area contributed by atoms with Gasteiger partial charge < -0.3 is 121 Å². The summed E-state index contributed by atoms with van der Waals surface area (Å²) in [6.45, 7) is 74.4. The first-order valence-corrected chi connectivity index (χ1v) is 53.3. The fourth-order valence-corrected chi connectivity index (χ4v) is 14.0. The third kappa shape index (κ3) is 51.6. The Hall–Kier alpha value is -10.9. The Kier molecular flexibility index (Phi) is 63.4. The number of amides is 8. The molecule has 0 fully saturated rings. The van der Waals surface area contributed by atoms with Crippen LogP contribution in [0.25, 0.3) is 0 Å². The van der Waals surface area contributed by atoms with Crippen LogP contribution in [0.3, 0.4) is 0 Å². The highest BCUT2D eigenvalue weighted by Crippen LogP contribution is 2.22. The topological polar surface area (TPSA) is 537 Å². The van der Waals surface area contributed by atoms with Gasteiger partial charge in [0.15, 0.2) is 45.6 Å². The third-order valence-electron chi connectivity index (χ3n) is 26.1. The van der Waals surface area contributed by atoms with Crippen LogP contribution in [0.15, 0.2) is 60.5 Å². The van der Waals surface area contributed by atoms with Gasteiger partial charge >= 0.3 is 0 Å². The lowest BCUT2D eigenvalue weighted by Gasteiger charge is -2.27. The largest absolute Gasteiger partial charge is 0.361 e. The van der Waals surface area contributed by atoms with E-state index in [2.05, 4.69) is 265 Å². The molecule has 0 radical (unpaired) electrons. The number of nitrogens with zero attached hydrogens (tertiary/aromatic N) is 8. The molecule has 0 aliphatic rings. The van der Waals surface area contributed by atoms with E-state index < -0.39 is 0 Å². The summed E-state index contributed by atoms with van der Waals surface area (Å²) in [5, 5.41) is 79.8. The van der Waals surface area contributed by atoms with Crippen LogP contribution in [0, 0.1) is 27.7 Å². The van der Waals surface area contributed by atoms with Crippen LogP contribution >= 0.6 is 0 Å². The average molecular weight is 2080 g/mol. The molecular weight excluding hydrogens is 1890 g/mol. The van der Waals surface area contributed by atoms with Crippen LogP contribution < -0.4 is 85.1 Å². The number of nitrogens with one attached hydrogen (secondary N) is 16. The maximum atomic E-state index is 12.0. The molecule has 8 heterocycles. The van der Waals surface area contributed by atoms with E-state index >= 15 is 0 Å². The predicted octanol–water partition coefficient (Wildman–Crippen LogP) is 15.2. The zero-order chi connectivity index (χ0) is 112. The Morgan fingerprint density at radius 2 is 0.432 bits per heavy atom. The molecule has 40 nitrogen and oxygen atoms in total. The molecule has 0 aliphatic heterocycles. The van der Waals surface area contributed by atoms with E-state index in [0.717, 1.165) is 223 Å². The lowest BCUT2D eigenvalue weighted by atomic mass is 9.95. The monoisotopic (exact) mass is 2080 g/mol. The minimum absolute atomic E-state index is 0.0146. The lowest BCUT2D eigenvalue weighted by Crippen LogP contribution is -2.42. The molecule has 0 aromatic carbocycles. The van der Waals surface area contributed by atoms with Crippen molar-refractivity contribution in [3.63, 3.8) is 0 Å². The molecule has 8 aromatic rings. The molecule has 2 unspecified atom stereocenters. The van der Waals surface area contributed by atoms with Gasteiger partial charge in [0.25, 0.3) is 47.3 Å². The Bertz CT molecular complexity index is 5090. The maximum Gasteiger partial charge on any atom is 0.273 e. The van der Waals surface area contributed by atoms with Crippen molar-refractivity contribution in [1.29, 1.82) is 0 Å². The van der Waals surface area contributed by atoms with E-state index in [0.29, 0.717) is 97.9 Å². The summed E-state index contributed by atoms with van der Waals surface area (Å²) < 4.78 is 40.5. The smallest absolute Gasteiger partial charge is 0.273 e. The molecule has 40 heteroatoms. The van der Waals surface area contributed by atoms with Gasteiger partial charge in [-0.05, 0) is 256 Å². The quantitative estimate of drug-likeness (QED) is 0.0168. The number of hydrogen-bond donors (Lipinski definition) is 16. The molecule has 0 saturated carbocycles. The second-order valence-electron chi connectivity index (χ2n) is 41.0. The Morgan fingerprint density at radius 3 is 0.595 bits per heavy atom. The summed E-state index contributed by atoms with van der Waals surface area (Å²) in [7, 11) is 7.71. The molecule has 0 saturated heterocycles. The van der Waals surface area contributed by atoms with E-state index in [4.69, 9.17) is 36.2 Å². The molecule has 8 rings (SSSR count). The van der Waals surface area contributed by atoms with E-state index in [1.54, 1.807) is 24.3 Å². The zero-order valence-electron chi connectivity index (χ0n) is 97.0. The van der Waals surface area contributed by atoms with Gasteiger partial charge in [0.05, 0.1) is 0 Å². The highest BCUT2D eigenvalue weighted by molar-refractivity contribution is 5.96. The van der Waals surface area contributed by atoms with Crippen LogP contribution in [0.2, 0.25) is 0 Å². The lowest BCUT2D eigenvalue weighted by molar-refractivity contribution is 0.0931. The molecular formula is C108H192N24O16. The molecule has 8 aromatic heterocycles.